The highest BCUT2D eigenvalue weighted by Gasteiger charge is 2.19. The molecule has 0 aromatic rings. The molecule has 100 valence electrons. The second-order valence-corrected chi connectivity index (χ2v) is 5.58. The number of hydrogen-bond donors (Lipinski definition) is 1. The van der Waals surface area contributed by atoms with Crippen molar-refractivity contribution >= 4 is 5.91 Å². The van der Waals surface area contributed by atoms with Gasteiger partial charge in [0.1, 0.15) is 0 Å². The van der Waals surface area contributed by atoms with E-state index in [1.54, 1.807) is 0 Å². The summed E-state index contributed by atoms with van der Waals surface area (Å²) in [6, 6.07) is 0. The normalized spacial score (nSPS) is 20.6. The average molecular weight is 240 g/mol. The standard InChI is InChI=1S/C14H28N2O/c1-4-16(14(17)8-7-12(2)3)11-13-6-5-9-15-10-13/h12-13,15H,4-11H2,1-3H3. The predicted octanol–water partition coefficient (Wildman–Crippen LogP) is 2.27. The van der Waals surface area contributed by atoms with Crippen LogP contribution in [0.15, 0.2) is 0 Å². The van der Waals surface area contributed by atoms with E-state index in [9.17, 15) is 4.79 Å². The van der Waals surface area contributed by atoms with Crippen LogP contribution in [0.3, 0.4) is 0 Å². The van der Waals surface area contributed by atoms with E-state index in [1.165, 1.54) is 12.8 Å². The molecule has 1 atom stereocenters. The highest BCUT2D eigenvalue weighted by Crippen LogP contribution is 2.13. The molecule has 17 heavy (non-hydrogen) atoms. The Hall–Kier alpha value is -0.570. The van der Waals surface area contributed by atoms with Crippen LogP contribution in [0.2, 0.25) is 0 Å². The molecule has 1 rings (SSSR count). The summed E-state index contributed by atoms with van der Waals surface area (Å²) < 4.78 is 0. The Morgan fingerprint density at radius 1 is 1.47 bits per heavy atom. The van der Waals surface area contributed by atoms with Crippen LogP contribution in [0.4, 0.5) is 0 Å². The molecule has 1 aliphatic heterocycles. The predicted molar refractivity (Wildman–Crippen MR) is 71.9 cm³/mol. The number of nitrogens with one attached hydrogen (secondary N) is 1. The zero-order valence-corrected chi connectivity index (χ0v) is 11.7. The maximum atomic E-state index is 12.1. The second-order valence-electron chi connectivity index (χ2n) is 5.58. The highest BCUT2D eigenvalue weighted by atomic mass is 16.2. The Kier molecular flexibility index (Phi) is 6.56. The van der Waals surface area contributed by atoms with Crippen molar-refractivity contribution in [2.24, 2.45) is 11.8 Å². The summed E-state index contributed by atoms with van der Waals surface area (Å²) in [7, 11) is 0. The van der Waals surface area contributed by atoms with Crippen LogP contribution in [0.25, 0.3) is 0 Å². The largest absolute Gasteiger partial charge is 0.343 e. The van der Waals surface area contributed by atoms with E-state index in [4.69, 9.17) is 0 Å². The Morgan fingerprint density at radius 3 is 2.76 bits per heavy atom. The molecular weight excluding hydrogens is 212 g/mol. The van der Waals surface area contributed by atoms with Crippen molar-refractivity contribution in [3.63, 3.8) is 0 Å². The summed E-state index contributed by atoms with van der Waals surface area (Å²) >= 11 is 0. The molecule has 0 aliphatic carbocycles. The Bertz CT molecular complexity index is 222. The number of rotatable bonds is 6. The van der Waals surface area contributed by atoms with E-state index < -0.39 is 0 Å². The van der Waals surface area contributed by atoms with Gasteiger partial charge in [0.15, 0.2) is 0 Å². The van der Waals surface area contributed by atoms with Gasteiger partial charge in [-0.25, -0.2) is 0 Å². The highest BCUT2D eigenvalue weighted by molar-refractivity contribution is 5.76. The van der Waals surface area contributed by atoms with Gasteiger partial charge >= 0.3 is 0 Å². The van der Waals surface area contributed by atoms with Crippen LogP contribution in [0.1, 0.15) is 46.5 Å². The fourth-order valence-corrected chi connectivity index (χ4v) is 2.37. The van der Waals surface area contributed by atoms with E-state index in [0.717, 1.165) is 32.6 Å². The molecule has 0 saturated carbocycles. The summed E-state index contributed by atoms with van der Waals surface area (Å²) in [5, 5.41) is 3.42. The summed E-state index contributed by atoms with van der Waals surface area (Å²) in [5.41, 5.74) is 0. The minimum Gasteiger partial charge on any atom is -0.343 e. The SMILES string of the molecule is CCN(CC1CCCNC1)C(=O)CCC(C)C. The average Bonchev–Trinajstić information content (AvgIpc) is 2.34. The smallest absolute Gasteiger partial charge is 0.222 e. The third-order valence-corrected chi connectivity index (χ3v) is 3.55. The summed E-state index contributed by atoms with van der Waals surface area (Å²) in [5.74, 6) is 1.62. The van der Waals surface area contributed by atoms with Gasteiger partial charge in [0, 0.05) is 19.5 Å². The lowest BCUT2D eigenvalue weighted by molar-refractivity contribution is -0.132. The molecule has 1 aliphatic rings. The monoisotopic (exact) mass is 240 g/mol. The zero-order valence-electron chi connectivity index (χ0n) is 11.7. The molecule has 3 heteroatoms. The minimum absolute atomic E-state index is 0.340. The molecule has 3 nitrogen and oxygen atoms in total. The van der Waals surface area contributed by atoms with Gasteiger partial charge in [-0.3, -0.25) is 4.79 Å². The fourth-order valence-electron chi connectivity index (χ4n) is 2.37. The van der Waals surface area contributed by atoms with Gasteiger partial charge in [-0.05, 0) is 51.1 Å². The lowest BCUT2D eigenvalue weighted by Gasteiger charge is -2.29. The number of carbonyl (C=O) groups excluding carboxylic acids is 1. The molecule has 0 aromatic carbocycles. The van der Waals surface area contributed by atoms with Crippen molar-refractivity contribution in [2.75, 3.05) is 26.2 Å². The molecule has 0 spiro atoms. The lowest BCUT2D eigenvalue weighted by Crippen LogP contribution is -2.41. The van der Waals surface area contributed by atoms with Crippen LogP contribution >= 0.6 is 0 Å². The number of hydrogen-bond acceptors (Lipinski definition) is 2. The zero-order chi connectivity index (χ0) is 12.7. The summed E-state index contributed by atoms with van der Waals surface area (Å²) in [6.07, 6.45) is 4.24. The molecule has 0 radical (unpaired) electrons. The molecule has 1 N–H and O–H groups in total. The van der Waals surface area contributed by atoms with Gasteiger partial charge in [-0.1, -0.05) is 13.8 Å². The van der Waals surface area contributed by atoms with Crippen LogP contribution in [0.5, 0.6) is 0 Å². The number of nitrogens with zero attached hydrogens (tertiary/aromatic N) is 1. The maximum absolute atomic E-state index is 12.1. The van der Waals surface area contributed by atoms with Crippen molar-refractivity contribution in [3.8, 4) is 0 Å². The van der Waals surface area contributed by atoms with E-state index in [1.807, 2.05) is 4.90 Å². The van der Waals surface area contributed by atoms with Gasteiger partial charge in [0.25, 0.3) is 0 Å². The first-order chi connectivity index (χ1) is 8.13. The van der Waals surface area contributed by atoms with Gasteiger partial charge in [-0.2, -0.15) is 0 Å². The molecular formula is C14H28N2O. The van der Waals surface area contributed by atoms with Crippen molar-refractivity contribution in [2.45, 2.75) is 46.5 Å². The first kappa shape index (κ1) is 14.5. The first-order valence-corrected chi connectivity index (χ1v) is 7.12. The van der Waals surface area contributed by atoms with Gasteiger partial charge in [-0.15, -0.1) is 0 Å². The number of amides is 1. The summed E-state index contributed by atoms with van der Waals surface area (Å²) in [6.45, 7) is 10.5. The van der Waals surface area contributed by atoms with Crippen LogP contribution in [-0.4, -0.2) is 37.0 Å². The topological polar surface area (TPSA) is 32.3 Å². The molecule has 1 fully saturated rings. The van der Waals surface area contributed by atoms with Crippen LogP contribution < -0.4 is 5.32 Å². The molecule has 1 unspecified atom stereocenters. The van der Waals surface area contributed by atoms with Crippen LogP contribution in [0, 0.1) is 11.8 Å². The Morgan fingerprint density at radius 2 is 2.24 bits per heavy atom. The first-order valence-electron chi connectivity index (χ1n) is 7.12. The van der Waals surface area contributed by atoms with Crippen molar-refractivity contribution < 1.29 is 4.79 Å². The number of carbonyl (C=O) groups is 1. The maximum Gasteiger partial charge on any atom is 0.222 e. The lowest BCUT2D eigenvalue weighted by atomic mass is 9.98. The molecule has 0 aromatic heterocycles. The van der Waals surface area contributed by atoms with Gasteiger partial charge in [0.2, 0.25) is 5.91 Å². The third kappa shape index (κ3) is 5.53. The van der Waals surface area contributed by atoms with Gasteiger partial charge in [0.05, 0.1) is 0 Å². The quantitative estimate of drug-likeness (QED) is 0.772. The number of piperidine rings is 1. The fraction of sp³-hybridized carbons (Fsp3) is 0.929. The van der Waals surface area contributed by atoms with Crippen molar-refractivity contribution in [1.82, 2.24) is 10.2 Å². The molecule has 0 bridgehead atoms. The molecule has 1 amide bonds. The van der Waals surface area contributed by atoms with E-state index in [2.05, 4.69) is 26.1 Å². The van der Waals surface area contributed by atoms with Crippen molar-refractivity contribution in [3.05, 3.63) is 0 Å². The summed E-state index contributed by atoms with van der Waals surface area (Å²) in [4.78, 5) is 14.1. The Balaban J connectivity index is 2.32. The second kappa shape index (κ2) is 7.70. The van der Waals surface area contributed by atoms with Crippen molar-refractivity contribution in [1.29, 1.82) is 0 Å². The van der Waals surface area contributed by atoms with E-state index >= 15 is 0 Å². The van der Waals surface area contributed by atoms with E-state index in [-0.39, 0.29) is 0 Å². The minimum atomic E-state index is 0.340. The van der Waals surface area contributed by atoms with Crippen LogP contribution in [-0.2, 0) is 4.79 Å². The molecule has 1 heterocycles. The van der Waals surface area contributed by atoms with Gasteiger partial charge < -0.3 is 10.2 Å². The van der Waals surface area contributed by atoms with E-state index in [0.29, 0.717) is 24.2 Å². The molecule has 1 saturated heterocycles. The third-order valence-electron chi connectivity index (χ3n) is 3.55. The Labute approximate surface area is 106 Å².